The number of ketones is 3. The lowest BCUT2D eigenvalue weighted by Crippen LogP contribution is -2.50. The van der Waals surface area contributed by atoms with Gasteiger partial charge in [0.05, 0.1) is 58.4 Å². The van der Waals surface area contributed by atoms with Crippen molar-refractivity contribution >= 4 is 190 Å². The molecule has 1 saturated heterocycles. The molecule has 1 radical (unpaired) electrons. The number of anilines is 3. The molecular formula is C58H75BBrI3N15O12Si. The van der Waals surface area contributed by atoms with Crippen molar-refractivity contribution in [3.05, 3.63) is 66.2 Å². The number of ether oxygens (including phenoxy) is 2. The molecule has 0 spiro atoms. The van der Waals surface area contributed by atoms with Crippen LogP contribution in [0.4, 0.5) is 22.1 Å². The lowest BCUT2D eigenvalue weighted by Gasteiger charge is -2.44. The fourth-order valence-corrected chi connectivity index (χ4v) is 13.5. The van der Waals surface area contributed by atoms with Crippen LogP contribution < -0.4 is 26.3 Å². The summed E-state index contributed by atoms with van der Waals surface area (Å²) < 4.78 is 30.3. The van der Waals surface area contributed by atoms with Gasteiger partial charge in [0.1, 0.15) is 64.1 Å². The topological polar surface area (TPSA) is 385 Å². The zero-order valence-electron chi connectivity index (χ0n) is 51.8. The van der Waals surface area contributed by atoms with Gasteiger partial charge in [-0.25, -0.2) is 34.0 Å². The number of morpholine rings is 1. The second kappa shape index (κ2) is 31.5. The molecule has 5 fully saturated rings. The third-order valence-electron chi connectivity index (χ3n) is 15.7. The van der Waals surface area contributed by atoms with E-state index in [2.05, 4.69) is 163 Å². The van der Waals surface area contributed by atoms with Gasteiger partial charge in [-0.2, -0.15) is 15.3 Å². The molecule has 2 aromatic carbocycles. The minimum Gasteiger partial charge on any atom is -0.543 e. The first-order valence-corrected chi connectivity index (χ1v) is 36.0. The van der Waals surface area contributed by atoms with E-state index in [4.69, 9.17) is 51.0 Å². The Labute approximate surface area is 576 Å². The molecule has 8 aromatic rings. The number of rotatable bonds is 8. The number of nitrogens with two attached hydrogens (primary N) is 3. The first-order valence-electron chi connectivity index (χ1n) is 29.0. The molecule has 27 nitrogen and oxygen atoms in total. The van der Waals surface area contributed by atoms with Gasteiger partial charge in [0.15, 0.2) is 17.2 Å². The number of carboxylic acids is 1. The molecule has 91 heavy (non-hydrogen) atoms. The van der Waals surface area contributed by atoms with Gasteiger partial charge in [-0.15, -0.1) is 0 Å². The number of nitrogens with zero attached hydrogens (tertiary/aromatic N) is 11. The summed E-state index contributed by atoms with van der Waals surface area (Å²) >= 11 is 9.78. The maximum absolute atomic E-state index is 12.6. The molecule has 6 aromatic heterocycles. The van der Waals surface area contributed by atoms with E-state index in [1.165, 1.54) is 17.2 Å². The van der Waals surface area contributed by atoms with Crippen molar-refractivity contribution in [3.63, 3.8) is 0 Å². The summed E-state index contributed by atoms with van der Waals surface area (Å²) in [6.45, 7) is 20.1. The van der Waals surface area contributed by atoms with Crippen LogP contribution >= 0.6 is 83.7 Å². The Balaban J connectivity index is 0.000000164. The minimum atomic E-state index is -1.98. The van der Waals surface area contributed by atoms with Crippen molar-refractivity contribution in [1.82, 2.24) is 59.2 Å². The highest BCUT2D eigenvalue weighted by atomic mass is 127. The van der Waals surface area contributed by atoms with Crippen LogP contribution in [-0.2, 0) is 28.7 Å². The standard InChI is InChI=1S/C19H29BNO5Si.C13H17IN6O.C11H10IN3O.C5H4IN5.C5H6O3.C4H5BrO.CH4O/c1-18(2,3)24-17(22)21-15-10-9-14(26-27(7,8)19(4,5)6)11-13(15)12-16(21)25-20-23;14-11-10-12(15)16-7-17-13(10)20(18-11)9-5-8(6-9)19-1-3-21-4-2-19;12-11-10-8(13)2-1-3-9(10)15(14-11)6-4-7(16)5-6;6-3-2-4(7)8-1-9-5(2)11-10-3;6-4-1-3(2-4)5(7)8;5-3-1-4(6)2-3;1-2/h9-12,23H,1-8H3;7-9H,1-6H2,(H2,15,16,17);1-3,6H,4-5,13H2;1H,(H3,7,8,9,10,11);3H,1-2H2,(H,7,8);3H,1-2H2;2H,1H3. The van der Waals surface area contributed by atoms with Gasteiger partial charge >= 0.3 is 19.7 Å². The average molecular weight is 1670 g/mol. The molecule has 33 heteroatoms. The zero-order chi connectivity index (χ0) is 66.9. The number of benzene rings is 2. The molecule has 7 heterocycles. The van der Waals surface area contributed by atoms with Crippen molar-refractivity contribution in [2.45, 2.75) is 140 Å². The summed E-state index contributed by atoms with van der Waals surface area (Å²) in [5.74, 6) is 1.45. The number of carboxylic acid groups (broad SMARTS) is 1. The number of nitrogen functional groups attached to an aromatic ring is 3. The number of aliphatic hydroxyl groups excluding tert-OH is 1. The van der Waals surface area contributed by atoms with Crippen LogP contribution in [0.1, 0.15) is 105 Å². The third-order valence-corrected chi connectivity index (χ3v) is 23.0. The molecule has 1 aliphatic heterocycles. The van der Waals surface area contributed by atoms with Crippen LogP contribution in [0.3, 0.4) is 0 Å². The second-order valence-electron chi connectivity index (χ2n) is 24.3. The summed E-state index contributed by atoms with van der Waals surface area (Å²) in [6.07, 6.45) is 7.77. The van der Waals surface area contributed by atoms with Crippen LogP contribution in [0.2, 0.25) is 18.1 Å². The van der Waals surface area contributed by atoms with Crippen LogP contribution in [0.25, 0.3) is 43.9 Å². The van der Waals surface area contributed by atoms with E-state index in [1.54, 1.807) is 32.9 Å². The van der Waals surface area contributed by atoms with Crippen LogP contribution in [0.5, 0.6) is 11.6 Å². The van der Waals surface area contributed by atoms with Gasteiger partial charge in [-0.05, 0) is 150 Å². The molecule has 0 unspecified atom stereocenters. The predicted molar refractivity (Wildman–Crippen MR) is 376 cm³/mol. The summed E-state index contributed by atoms with van der Waals surface area (Å²) in [5.41, 5.74) is 20.7. The normalized spacial score (nSPS) is 17.6. The van der Waals surface area contributed by atoms with Crippen molar-refractivity contribution < 1.29 is 57.8 Å². The maximum Gasteiger partial charge on any atom is 0.570 e. The molecule has 489 valence electrons. The Bertz CT molecular complexity index is 3880. The number of hydrogen-bond donors (Lipinski definition) is 7. The summed E-state index contributed by atoms with van der Waals surface area (Å²) in [5, 5.41) is 43.6. The Morgan fingerprint density at radius 1 is 0.758 bits per heavy atom. The smallest absolute Gasteiger partial charge is 0.543 e. The number of fused-ring (bicyclic) bond motifs is 4. The van der Waals surface area contributed by atoms with E-state index in [1.807, 2.05) is 39.7 Å². The Morgan fingerprint density at radius 2 is 1.35 bits per heavy atom. The number of Topliss-reactive ketones (excluding diaryl/α,β-unsaturated/α-hetero) is 3. The highest BCUT2D eigenvalue weighted by Gasteiger charge is 2.40. The second-order valence-corrected chi connectivity index (χ2v) is 33.5. The molecule has 10 N–H and O–H groups in total. The monoisotopic (exact) mass is 1670 g/mol. The van der Waals surface area contributed by atoms with Crippen LogP contribution in [-0.4, -0.2) is 170 Å². The van der Waals surface area contributed by atoms with Gasteiger partial charge in [0.2, 0.25) is 8.32 Å². The third kappa shape index (κ3) is 18.4. The van der Waals surface area contributed by atoms with Crippen molar-refractivity contribution in [2.75, 3.05) is 50.6 Å². The van der Waals surface area contributed by atoms with E-state index in [0.717, 1.165) is 114 Å². The maximum atomic E-state index is 12.6. The van der Waals surface area contributed by atoms with Crippen molar-refractivity contribution in [1.29, 1.82) is 0 Å². The highest BCUT2D eigenvalue weighted by molar-refractivity contribution is 14.1. The molecule has 4 aliphatic carbocycles. The van der Waals surface area contributed by atoms with Gasteiger partial charge < -0.3 is 51.0 Å². The van der Waals surface area contributed by atoms with E-state index in [-0.39, 0.29) is 41.5 Å². The fourth-order valence-electron chi connectivity index (χ4n) is 9.55. The predicted octanol–water partition coefficient (Wildman–Crippen LogP) is 9.20. The number of halogens is 4. The number of aromatic nitrogens is 11. The number of aliphatic hydroxyl groups is 1. The number of aliphatic carboxylic acids is 1. The Kier molecular flexibility index (Phi) is 25.2. The largest absolute Gasteiger partial charge is 0.570 e. The molecule has 0 bridgehead atoms. The number of H-pyrrole nitrogens is 1. The molecule has 5 aliphatic rings. The van der Waals surface area contributed by atoms with Crippen LogP contribution in [0, 0.1) is 17.0 Å². The molecular weight excluding hydrogens is 1600 g/mol. The zero-order valence-corrected chi connectivity index (χ0v) is 60.9. The lowest BCUT2D eigenvalue weighted by atomic mass is 9.84. The molecule has 4 saturated carbocycles. The van der Waals surface area contributed by atoms with Crippen LogP contribution in [0.15, 0.2) is 55.1 Å². The van der Waals surface area contributed by atoms with Gasteiger partial charge in [-0.1, -0.05) is 42.8 Å². The highest BCUT2D eigenvalue weighted by Crippen LogP contribution is 2.41. The number of nitrogens with one attached hydrogen (secondary N) is 1. The SMILES string of the molecule is CC(C)(C)OC(=O)n1c(O[B]O)cc2cc(O[Si](C)(C)C(C)(C)C)ccc21.CO.Nc1cccc2c1c(I)nn2C1CC(=O)C1.Nc1ncnc2c1c(I)nn2C1CC(N2CCOCC2)C1.Nc1ncnc2n[nH]c(I)c12.O=C1CC(Br)C1.O=C1CC(C(=O)O)C1. The number of hydrogen-bond acceptors (Lipinski definition) is 22. The fraction of sp³-hybridized carbons (Fsp3) is 0.483. The van der Waals surface area contributed by atoms with E-state index >= 15 is 0 Å². The minimum absolute atomic E-state index is 0.0670. The average Bonchev–Trinajstić information content (AvgIpc) is 1.68. The number of carbonyl (C=O) groups excluding carboxylic acids is 4. The molecule has 0 atom stereocenters. The first-order chi connectivity index (χ1) is 42.9. The lowest BCUT2D eigenvalue weighted by molar-refractivity contribution is -0.149. The van der Waals surface area contributed by atoms with E-state index in [0.29, 0.717) is 71.8 Å². The number of alkyl halides is 1. The van der Waals surface area contributed by atoms with Crippen molar-refractivity contribution in [2.24, 2.45) is 5.92 Å². The molecule has 13 rings (SSSR count). The number of carbonyl (C=O) groups is 5. The van der Waals surface area contributed by atoms with Gasteiger partial charge in [-0.3, -0.25) is 33.9 Å². The molecule has 0 amide bonds. The Hall–Kier alpha value is -5.71. The summed E-state index contributed by atoms with van der Waals surface area (Å²) in [4.78, 5) is 73.1. The van der Waals surface area contributed by atoms with Gasteiger partial charge in [0.25, 0.3) is 0 Å². The summed E-state index contributed by atoms with van der Waals surface area (Å²) in [6, 6.07) is 14.3. The number of aromatic amines is 1. The van der Waals surface area contributed by atoms with Gasteiger partial charge in [0, 0.05) is 86.7 Å². The van der Waals surface area contributed by atoms with E-state index in [9.17, 15) is 24.0 Å². The first kappa shape index (κ1) is 72.7. The van der Waals surface area contributed by atoms with E-state index < -0.39 is 26.0 Å². The quantitative estimate of drug-likeness (QED) is 0.0322. The Morgan fingerprint density at radius 3 is 1.89 bits per heavy atom. The summed E-state index contributed by atoms with van der Waals surface area (Å²) in [7, 11) is -0.441. The van der Waals surface area contributed by atoms with Crippen molar-refractivity contribution in [3.8, 4) is 11.6 Å².